The lowest BCUT2D eigenvalue weighted by atomic mass is 9.88. The van der Waals surface area contributed by atoms with E-state index < -0.39 is 56.9 Å². The number of aryl methyl sites for hydroxylation is 1. The van der Waals surface area contributed by atoms with Crippen molar-refractivity contribution >= 4 is 45.2 Å². The molecule has 0 spiro atoms. The van der Waals surface area contributed by atoms with E-state index in [1.54, 1.807) is 31.4 Å². The number of nitrogens with one attached hydrogen (secondary N) is 3. The van der Waals surface area contributed by atoms with Crippen molar-refractivity contribution in [2.45, 2.75) is 36.7 Å². The molecule has 16 heteroatoms. The number of nitrogens with zero attached hydrogens (tertiary/aromatic N) is 3. The number of halogens is 2. The van der Waals surface area contributed by atoms with Gasteiger partial charge in [-0.2, -0.15) is 0 Å². The van der Waals surface area contributed by atoms with Crippen molar-refractivity contribution in [1.82, 2.24) is 20.5 Å². The first kappa shape index (κ1) is 36.1. The third-order valence-electron chi connectivity index (χ3n) is 9.13. The molecule has 270 valence electrons. The molecule has 4 amide bonds. The number of rotatable bonds is 10. The topological polar surface area (TPSA) is 178 Å². The molecule has 2 saturated heterocycles. The number of fused-ring (bicyclic) bond motifs is 1. The quantitative estimate of drug-likeness (QED) is 0.188. The lowest BCUT2D eigenvalue weighted by Crippen LogP contribution is -2.65. The summed E-state index contributed by atoms with van der Waals surface area (Å²) in [4.78, 5) is 57.9. The second-order valence-electron chi connectivity index (χ2n) is 12.6. The van der Waals surface area contributed by atoms with Crippen LogP contribution in [0.1, 0.15) is 28.0 Å². The van der Waals surface area contributed by atoms with Crippen molar-refractivity contribution in [2.75, 3.05) is 29.8 Å². The molecule has 13 nitrogen and oxygen atoms in total. The van der Waals surface area contributed by atoms with Crippen molar-refractivity contribution < 1.29 is 41.5 Å². The van der Waals surface area contributed by atoms with E-state index in [-0.39, 0.29) is 34.9 Å². The van der Waals surface area contributed by atoms with Gasteiger partial charge < -0.3 is 20.6 Å². The van der Waals surface area contributed by atoms with E-state index in [0.29, 0.717) is 37.2 Å². The maximum atomic E-state index is 15.2. The normalized spacial score (nSPS) is 18.1. The number of piperidine rings is 1. The molecule has 3 aromatic carbocycles. The van der Waals surface area contributed by atoms with E-state index in [2.05, 4.69) is 20.3 Å². The summed E-state index contributed by atoms with van der Waals surface area (Å²) >= 11 is 0. The van der Waals surface area contributed by atoms with Gasteiger partial charge in [-0.05, 0) is 85.1 Å². The predicted octanol–water partition coefficient (Wildman–Crippen LogP) is 3.94. The zero-order valence-corrected chi connectivity index (χ0v) is 28.8. The van der Waals surface area contributed by atoms with Gasteiger partial charge in [0, 0.05) is 31.9 Å². The van der Waals surface area contributed by atoms with Crippen LogP contribution in [-0.2, 0) is 26.0 Å². The van der Waals surface area contributed by atoms with Gasteiger partial charge in [-0.25, -0.2) is 31.7 Å². The van der Waals surface area contributed by atoms with Crippen LogP contribution >= 0.6 is 0 Å². The van der Waals surface area contributed by atoms with E-state index >= 15 is 8.78 Å². The molecule has 3 heterocycles. The third kappa shape index (κ3) is 7.34. The zero-order chi connectivity index (χ0) is 37.3. The number of carbonyl (C=O) groups is 4. The number of benzene rings is 3. The first-order chi connectivity index (χ1) is 24.7. The standard InChI is InChI=1S/C36H34F2N6O7S/c1-20-15-23(11-14-40-20)22-5-9-26(10-6-22)52(50,51)42-24-17-28(37)32(29(38)18-24)33(45)41-30(35(47)48)16-21-3-7-25(8-4-21)44-34(46)27-12-13-39-19-31(27)43(2)36(44)49/h3-11,14-15,17-18,27,30-31,39,42H,12-13,16,19H2,1-2H3,(H,41,45)(H,47,48)/t27?,30-,31?/m0/s1. The summed E-state index contributed by atoms with van der Waals surface area (Å²) in [5.74, 6) is -6.42. The Morgan fingerprint density at radius 2 is 1.67 bits per heavy atom. The van der Waals surface area contributed by atoms with Crippen molar-refractivity contribution in [2.24, 2.45) is 5.92 Å². The van der Waals surface area contributed by atoms with Crippen LogP contribution in [0.2, 0.25) is 0 Å². The number of pyridine rings is 1. The fourth-order valence-electron chi connectivity index (χ4n) is 6.40. The highest BCUT2D eigenvalue weighted by Gasteiger charge is 2.46. The second-order valence-corrected chi connectivity index (χ2v) is 14.3. The maximum absolute atomic E-state index is 15.2. The highest BCUT2D eigenvalue weighted by Crippen LogP contribution is 2.31. The summed E-state index contributed by atoms with van der Waals surface area (Å²) in [6, 6.07) is 14.2. The molecule has 4 aromatic rings. The van der Waals surface area contributed by atoms with Gasteiger partial charge in [0.25, 0.3) is 15.9 Å². The van der Waals surface area contributed by atoms with Crippen LogP contribution < -0.4 is 20.3 Å². The number of sulfonamides is 1. The van der Waals surface area contributed by atoms with Crippen LogP contribution in [0.4, 0.5) is 25.0 Å². The van der Waals surface area contributed by atoms with Gasteiger partial charge in [0.15, 0.2) is 0 Å². The summed E-state index contributed by atoms with van der Waals surface area (Å²) in [6.07, 6.45) is 1.88. The largest absolute Gasteiger partial charge is 0.480 e. The summed E-state index contributed by atoms with van der Waals surface area (Å²) in [5.41, 5.74) is 1.38. The summed E-state index contributed by atoms with van der Waals surface area (Å²) in [5, 5.41) is 15.1. The number of amides is 4. The van der Waals surface area contributed by atoms with Gasteiger partial charge in [0.05, 0.1) is 28.2 Å². The van der Waals surface area contributed by atoms with E-state index in [9.17, 15) is 32.7 Å². The molecular weight excluding hydrogens is 698 g/mol. The Balaban J connectivity index is 1.12. The minimum absolute atomic E-state index is 0.182. The fraction of sp³-hybridized carbons (Fsp3) is 0.250. The van der Waals surface area contributed by atoms with Crippen LogP contribution in [0.15, 0.2) is 83.9 Å². The Kier molecular flexibility index (Phi) is 10.0. The predicted molar refractivity (Wildman–Crippen MR) is 186 cm³/mol. The number of aliphatic carboxylic acids is 1. The average Bonchev–Trinajstić information content (AvgIpc) is 3.10. The van der Waals surface area contributed by atoms with Gasteiger partial charge in [-0.3, -0.25) is 19.3 Å². The summed E-state index contributed by atoms with van der Waals surface area (Å²) < 4.78 is 58.4. The minimum atomic E-state index is -4.30. The van der Waals surface area contributed by atoms with Gasteiger partial charge in [-0.1, -0.05) is 24.3 Å². The minimum Gasteiger partial charge on any atom is -0.480 e. The number of hydrogen-bond donors (Lipinski definition) is 4. The molecule has 3 atom stereocenters. The highest BCUT2D eigenvalue weighted by molar-refractivity contribution is 7.92. The molecule has 4 N–H and O–H groups in total. The Morgan fingerprint density at radius 1 is 1.00 bits per heavy atom. The van der Waals surface area contributed by atoms with E-state index in [1.165, 1.54) is 41.3 Å². The number of imide groups is 1. The van der Waals surface area contributed by atoms with E-state index in [0.717, 1.165) is 21.7 Å². The van der Waals surface area contributed by atoms with Crippen LogP contribution in [0.25, 0.3) is 11.1 Å². The fourth-order valence-corrected chi connectivity index (χ4v) is 7.44. The lowest BCUT2D eigenvalue weighted by Gasteiger charge is -2.45. The Hall–Kier alpha value is -5.74. The molecule has 0 bridgehead atoms. The first-order valence-corrected chi connectivity index (χ1v) is 17.7. The van der Waals surface area contributed by atoms with Crippen LogP contribution in [0.3, 0.4) is 0 Å². The molecule has 52 heavy (non-hydrogen) atoms. The van der Waals surface area contributed by atoms with Gasteiger partial charge in [0.2, 0.25) is 5.91 Å². The number of likely N-dealkylation sites (N-methyl/N-ethyl adjacent to an activating group) is 1. The second kappa shape index (κ2) is 14.5. The van der Waals surface area contributed by atoms with Crippen LogP contribution in [0, 0.1) is 24.5 Å². The van der Waals surface area contributed by atoms with E-state index in [4.69, 9.17) is 0 Å². The number of aromatic nitrogens is 1. The number of hydrogen-bond acceptors (Lipinski definition) is 8. The van der Waals surface area contributed by atoms with Crippen LogP contribution in [-0.4, -0.2) is 79.4 Å². The number of urea groups is 1. The molecule has 0 radical (unpaired) electrons. The molecule has 2 aliphatic rings. The van der Waals surface area contributed by atoms with Crippen molar-refractivity contribution in [3.63, 3.8) is 0 Å². The molecular formula is C36H34F2N6O7S. The smallest absolute Gasteiger partial charge is 0.331 e. The lowest BCUT2D eigenvalue weighted by molar-refractivity contribution is -0.139. The van der Waals surface area contributed by atoms with Crippen LogP contribution in [0.5, 0.6) is 0 Å². The van der Waals surface area contributed by atoms with Gasteiger partial charge >= 0.3 is 12.0 Å². The maximum Gasteiger partial charge on any atom is 0.331 e. The molecule has 2 aliphatic heterocycles. The number of anilines is 2. The molecule has 1 aromatic heterocycles. The Bertz CT molecular complexity index is 2140. The summed E-state index contributed by atoms with van der Waals surface area (Å²) in [6.45, 7) is 2.97. The van der Waals surface area contributed by atoms with Gasteiger partial charge in [-0.15, -0.1) is 0 Å². The molecule has 2 fully saturated rings. The average molecular weight is 733 g/mol. The molecule has 6 rings (SSSR count). The van der Waals surface area contributed by atoms with Gasteiger partial charge in [0.1, 0.15) is 23.2 Å². The third-order valence-corrected chi connectivity index (χ3v) is 10.5. The van der Waals surface area contributed by atoms with Crippen molar-refractivity contribution in [3.8, 4) is 11.1 Å². The number of carboxylic acid groups (broad SMARTS) is 1. The zero-order valence-electron chi connectivity index (χ0n) is 28.0. The van der Waals surface area contributed by atoms with Crippen molar-refractivity contribution in [3.05, 3.63) is 107 Å². The monoisotopic (exact) mass is 732 g/mol. The summed E-state index contributed by atoms with van der Waals surface area (Å²) in [7, 11) is -2.67. The Labute approximate surface area is 297 Å². The highest BCUT2D eigenvalue weighted by atomic mass is 32.2. The number of carbonyl (C=O) groups excluding carboxylic acids is 3. The molecule has 0 saturated carbocycles. The Morgan fingerprint density at radius 3 is 2.31 bits per heavy atom. The first-order valence-electron chi connectivity index (χ1n) is 16.2. The molecule has 0 aliphatic carbocycles. The number of carboxylic acids is 1. The molecule has 2 unspecified atom stereocenters. The van der Waals surface area contributed by atoms with Crippen molar-refractivity contribution in [1.29, 1.82) is 0 Å². The van der Waals surface area contributed by atoms with E-state index in [1.807, 2.05) is 13.0 Å². The SMILES string of the molecule is Cc1cc(-c2ccc(S(=O)(=O)Nc3cc(F)c(C(=O)N[C@@H](Cc4ccc(N5C(=O)C6CCNCC6N(C)C5=O)cc4)C(=O)O)c(F)c3)cc2)ccn1.